The quantitative estimate of drug-likeness (QED) is 0.876. The number of nitrogens with one attached hydrogen (secondary N) is 1. The lowest BCUT2D eigenvalue weighted by molar-refractivity contribution is -0.153. The fraction of sp³-hybridized carbons (Fsp3) is 0.375. The summed E-state index contributed by atoms with van der Waals surface area (Å²) in [6.07, 6.45) is -4.21. The van der Waals surface area contributed by atoms with E-state index in [9.17, 15) is 18.0 Å². The molecule has 5 nitrogen and oxygen atoms in total. The van der Waals surface area contributed by atoms with Gasteiger partial charge in [0, 0.05) is 12.1 Å². The monoisotopic (exact) mass is 342 g/mol. The van der Waals surface area contributed by atoms with Crippen LogP contribution in [0.25, 0.3) is 0 Å². The maximum Gasteiger partial charge on any atom is 0.422 e. The van der Waals surface area contributed by atoms with Crippen LogP contribution in [0.15, 0.2) is 28.8 Å². The van der Waals surface area contributed by atoms with Gasteiger partial charge in [-0.25, -0.2) is 0 Å². The fourth-order valence-corrected chi connectivity index (χ4v) is 2.05. The number of ether oxygens (including phenoxy) is 1. The average molecular weight is 342 g/mol. The summed E-state index contributed by atoms with van der Waals surface area (Å²) in [4.78, 5) is 11.9. The number of carbonyl (C=O) groups is 1. The molecule has 0 unspecified atom stereocenters. The second-order valence-electron chi connectivity index (χ2n) is 5.30. The Labute approximate surface area is 136 Å². The Balaban J connectivity index is 1.82. The van der Waals surface area contributed by atoms with Crippen LogP contribution in [0.5, 0.6) is 5.75 Å². The first-order chi connectivity index (χ1) is 11.2. The number of carbonyl (C=O) groups excluding carboxylic acids is 1. The maximum absolute atomic E-state index is 12.1. The van der Waals surface area contributed by atoms with Crippen LogP contribution in [0.1, 0.15) is 22.6 Å². The molecule has 1 heterocycles. The summed E-state index contributed by atoms with van der Waals surface area (Å²) in [7, 11) is 0. The van der Waals surface area contributed by atoms with E-state index in [2.05, 4.69) is 15.2 Å². The van der Waals surface area contributed by atoms with Crippen LogP contribution < -0.4 is 10.1 Å². The zero-order chi connectivity index (χ0) is 17.7. The van der Waals surface area contributed by atoms with Crippen molar-refractivity contribution in [3.63, 3.8) is 0 Å². The number of hydrogen-bond donors (Lipinski definition) is 1. The van der Waals surface area contributed by atoms with Crippen molar-refractivity contribution in [3.05, 3.63) is 46.8 Å². The van der Waals surface area contributed by atoms with E-state index in [0.29, 0.717) is 11.5 Å². The van der Waals surface area contributed by atoms with Crippen LogP contribution in [0.2, 0.25) is 0 Å². The molecule has 0 spiro atoms. The minimum atomic E-state index is -4.37. The van der Waals surface area contributed by atoms with Gasteiger partial charge >= 0.3 is 6.18 Å². The van der Waals surface area contributed by atoms with Crippen molar-refractivity contribution in [2.24, 2.45) is 0 Å². The fourth-order valence-electron chi connectivity index (χ4n) is 2.05. The SMILES string of the molecule is Cc1noc(C)c1CC(=O)NCc1ccc(OCC(F)(F)F)cc1. The highest BCUT2D eigenvalue weighted by molar-refractivity contribution is 5.79. The number of rotatable bonds is 6. The summed E-state index contributed by atoms with van der Waals surface area (Å²) in [5.41, 5.74) is 2.18. The molecule has 1 aromatic heterocycles. The van der Waals surface area contributed by atoms with Gasteiger partial charge < -0.3 is 14.6 Å². The van der Waals surface area contributed by atoms with Crippen LogP contribution in [-0.2, 0) is 17.8 Å². The molecule has 0 bridgehead atoms. The molecule has 0 saturated carbocycles. The van der Waals surface area contributed by atoms with Gasteiger partial charge in [-0.05, 0) is 31.5 Å². The van der Waals surface area contributed by atoms with Crippen LogP contribution in [-0.4, -0.2) is 23.8 Å². The van der Waals surface area contributed by atoms with Gasteiger partial charge in [0.05, 0.1) is 12.1 Å². The highest BCUT2D eigenvalue weighted by atomic mass is 19.4. The van der Waals surface area contributed by atoms with Crippen LogP contribution in [0, 0.1) is 13.8 Å². The van der Waals surface area contributed by atoms with Crippen molar-refractivity contribution in [3.8, 4) is 5.75 Å². The molecule has 8 heteroatoms. The van der Waals surface area contributed by atoms with Crippen molar-refractivity contribution in [1.29, 1.82) is 0 Å². The summed E-state index contributed by atoms with van der Waals surface area (Å²) in [5, 5.41) is 6.52. The highest BCUT2D eigenvalue weighted by Crippen LogP contribution is 2.19. The molecule has 24 heavy (non-hydrogen) atoms. The van der Waals surface area contributed by atoms with Crippen LogP contribution >= 0.6 is 0 Å². The predicted molar refractivity (Wildman–Crippen MR) is 79.5 cm³/mol. The van der Waals surface area contributed by atoms with Crippen molar-refractivity contribution < 1.29 is 27.2 Å². The molecule has 2 rings (SSSR count). The first-order valence-electron chi connectivity index (χ1n) is 7.21. The number of halogens is 3. The van der Waals surface area contributed by atoms with Crippen LogP contribution in [0.3, 0.4) is 0 Å². The molecule has 1 N–H and O–H groups in total. The number of aromatic nitrogens is 1. The second kappa shape index (κ2) is 7.37. The molecule has 0 atom stereocenters. The summed E-state index contributed by atoms with van der Waals surface area (Å²) < 4.78 is 45.8. The van der Waals surface area contributed by atoms with E-state index in [1.165, 1.54) is 12.1 Å². The minimum absolute atomic E-state index is 0.123. The molecule has 0 aliphatic rings. The average Bonchev–Trinajstić information content (AvgIpc) is 2.83. The van der Waals surface area contributed by atoms with Crippen molar-refractivity contribution >= 4 is 5.91 Å². The molecule has 0 fully saturated rings. The maximum atomic E-state index is 12.1. The van der Waals surface area contributed by atoms with Crippen LogP contribution in [0.4, 0.5) is 13.2 Å². The number of nitrogens with zero attached hydrogens (tertiary/aromatic N) is 1. The number of aryl methyl sites for hydroxylation is 2. The van der Waals surface area contributed by atoms with E-state index in [-0.39, 0.29) is 24.6 Å². The highest BCUT2D eigenvalue weighted by Gasteiger charge is 2.28. The third-order valence-corrected chi connectivity index (χ3v) is 3.33. The zero-order valence-corrected chi connectivity index (χ0v) is 13.2. The number of benzene rings is 1. The molecule has 0 aliphatic carbocycles. The lowest BCUT2D eigenvalue weighted by Crippen LogP contribution is -2.25. The first kappa shape index (κ1) is 17.8. The Kier molecular flexibility index (Phi) is 5.48. The summed E-state index contributed by atoms with van der Waals surface area (Å²) in [5.74, 6) is 0.536. The van der Waals surface area contributed by atoms with E-state index >= 15 is 0 Å². The molecule has 2 aromatic rings. The zero-order valence-electron chi connectivity index (χ0n) is 13.2. The standard InChI is InChI=1S/C16H17F3N2O3/c1-10-14(11(2)24-21-10)7-15(22)20-8-12-3-5-13(6-4-12)23-9-16(17,18)19/h3-6H,7-9H2,1-2H3,(H,20,22). The Bertz CT molecular complexity index is 674. The van der Waals surface area contributed by atoms with Gasteiger partial charge in [-0.2, -0.15) is 13.2 Å². The lowest BCUT2D eigenvalue weighted by atomic mass is 10.1. The van der Waals surface area contributed by atoms with E-state index in [1.807, 2.05) is 0 Å². The number of alkyl halides is 3. The summed E-state index contributed by atoms with van der Waals surface area (Å²) >= 11 is 0. The minimum Gasteiger partial charge on any atom is -0.484 e. The molecule has 1 aromatic carbocycles. The van der Waals surface area contributed by atoms with Gasteiger partial charge in [0.15, 0.2) is 6.61 Å². The Morgan fingerprint density at radius 2 is 1.92 bits per heavy atom. The van der Waals surface area contributed by atoms with Gasteiger partial charge in [-0.3, -0.25) is 4.79 Å². The number of amides is 1. The van der Waals surface area contributed by atoms with E-state index in [4.69, 9.17) is 4.52 Å². The van der Waals surface area contributed by atoms with Crippen molar-refractivity contribution in [2.45, 2.75) is 33.0 Å². The molecular formula is C16H17F3N2O3. The first-order valence-corrected chi connectivity index (χ1v) is 7.21. The van der Waals surface area contributed by atoms with Gasteiger partial charge in [0.2, 0.25) is 5.91 Å². The summed E-state index contributed by atoms with van der Waals surface area (Å²) in [6, 6.07) is 6.06. The van der Waals surface area contributed by atoms with Gasteiger partial charge in [0.25, 0.3) is 0 Å². The third kappa shape index (κ3) is 5.29. The van der Waals surface area contributed by atoms with Gasteiger partial charge in [-0.15, -0.1) is 0 Å². The van der Waals surface area contributed by atoms with E-state index in [0.717, 1.165) is 11.1 Å². The molecule has 0 radical (unpaired) electrons. The largest absolute Gasteiger partial charge is 0.484 e. The normalized spacial score (nSPS) is 11.4. The molecule has 1 amide bonds. The molecule has 130 valence electrons. The Morgan fingerprint density at radius 1 is 1.25 bits per heavy atom. The molecule has 0 saturated heterocycles. The lowest BCUT2D eigenvalue weighted by Gasteiger charge is -2.10. The van der Waals surface area contributed by atoms with Crippen molar-refractivity contribution in [2.75, 3.05) is 6.61 Å². The Morgan fingerprint density at radius 3 is 2.46 bits per heavy atom. The topological polar surface area (TPSA) is 64.4 Å². The van der Waals surface area contributed by atoms with E-state index in [1.54, 1.807) is 26.0 Å². The second-order valence-corrected chi connectivity index (χ2v) is 5.30. The molecule has 0 aliphatic heterocycles. The Hall–Kier alpha value is -2.51. The third-order valence-electron chi connectivity index (χ3n) is 3.33. The summed E-state index contributed by atoms with van der Waals surface area (Å²) in [6.45, 7) is 2.43. The smallest absolute Gasteiger partial charge is 0.422 e. The molecular weight excluding hydrogens is 325 g/mol. The van der Waals surface area contributed by atoms with Gasteiger partial charge in [0.1, 0.15) is 11.5 Å². The number of hydrogen-bond acceptors (Lipinski definition) is 4. The van der Waals surface area contributed by atoms with Crippen molar-refractivity contribution in [1.82, 2.24) is 10.5 Å². The van der Waals surface area contributed by atoms with Gasteiger partial charge in [-0.1, -0.05) is 17.3 Å². The van der Waals surface area contributed by atoms with E-state index < -0.39 is 12.8 Å². The predicted octanol–water partition coefficient (Wildman–Crippen LogP) is 3.09.